The maximum atomic E-state index is 13.2. The smallest absolute Gasteiger partial charge is 0.294 e. The predicted octanol–water partition coefficient (Wildman–Crippen LogP) is 3.54. The van der Waals surface area contributed by atoms with Crippen molar-refractivity contribution in [1.29, 1.82) is 0 Å². The first kappa shape index (κ1) is 18.5. The largest absolute Gasteiger partial charge is 0.354 e. The molecule has 0 bridgehead atoms. The third kappa shape index (κ3) is 2.51. The Kier molecular flexibility index (Phi) is 3.71. The van der Waals surface area contributed by atoms with Crippen molar-refractivity contribution >= 4 is 53.7 Å². The summed E-state index contributed by atoms with van der Waals surface area (Å²) < 4.78 is 32.8. The van der Waals surface area contributed by atoms with Crippen LogP contribution in [0.25, 0.3) is 43.6 Å². The van der Waals surface area contributed by atoms with Crippen LogP contribution in [0, 0.1) is 13.8 Å². The van der Waals surface area contributed by atoms with E-state index >= 15 is 0 Å². The highest BCUT2D eigenvalue weighted by atomic mass is 32.2. The number of aromatic nitrogens is 2. The van der Waals surface area contributed by atoms with Crippen LogP contribution in [0.15, 0.2) is 56.9 Å². The zero-order valence-corrected chi connectivity index (χ0v) is 16.8. The lowest BCUT2D eigenvalue weighted by atomic mass is 10.00. The number of pyridine rings is 2. The topological polar surface area (TPSA) is 120 Å². The van der Waals surface area contributed by atoms with E-state index in [-0.39, 0.29) is 21.1 Å². The molecule has 0 aliphatic heterocycles. The molecule has 2 aromatic heterocycles. The van der Waals surface area contributed by atoms with Crippen molar-refractivity contribution in [3.63, 3.8) is 0 Å². The number of hydrogen-bond acceptors (Lipinski definition) is 4. The molecule has 3 N–H and O–H groups in total. The van der Waals surface area contributed by atoms with E-state index in [0.29, 0.717) is 49.4 Å². The second-order valence-electron chi connectivity index (χ2n) is 7.44. The SMILES string of the molecule is Cc1cc2[nH]c3c(C)c4c(=O)c5ccccc5[nH]c4cc3c(=O)c2cc1S(=O)(=O)O. The van der Waals surface area contributed by atoms with Crippen molar-refractivity contribution in [3.05, 3.63) is 74.0 Å². The van der Waals surface area contributed by atoms with Gasteiger partial charge in [0, 0.05) is 21.7 Å². The first-order valence-corrected chi connectivity index (χ1v) is 10.6. The van der Waals surface area contributed by atoms with E-state index in [1.165, 1.54) is 19.1 Å². The number of fused-ring (bicyclic) bond motifs is 4. The molecule has 150 valence electrons. The van der Waals surface area contributed by atoms with E-state index in [1.54, 1.807) is 31.2 Å². The van der Waals surface area contributed by atoms with Gasteiger partial charge in [-0.25, -0.2) is 0 Å². The van der Waals surface area contributed by atoms with Crippen molar-refractivity contribution in [2.75, 3.05) is 0 Å². The molecule has 0 aliphatic rings. The fraction of sp³-hybridized carbons (Fsp3) is 0.0909. The fourth-order valence-electron chi connectivity index (χ4n) is 4.16. The summed E-state index contributed by atoms with van der Waals surface area (Å²) in [5, 5.41) is 1.51. The molecule has 0 unspecified atom stereocenters. The van der Waals surface area contributed by atoms with Crippen molar-refractivity contribution in [2.45, 2.75) is 18.7 Å². The lowest BCUT2D eigenvalue weighted by molar-refractivity contribution is 0.482. The van der Waals surface area contributed by atoms with Crippen LogP contribution in [0.2, 0.25) is 0 Å². The minimum Gasteiger partial charge on any atom is -0.354 e. The van der Waals surface area contributed by atoms with E-state index in [2.05, 4.69) is 9.97 Å². The average molecular weight is 420 g/mol. The molecule has 8 heteroatoms. The zero-order chi connectivity index (χ0) is 21.4. The number of benzene rings is 3. The number of para-hydroxylation sites is 1. The summed E-state index contributed by atoms with van der Waals surface area (Å²) in [6.07, 6.45) is 0. The van der Waals surface area contributed by atoms with Gasteiger partial charge in [0.15, 0.2) is 10.9 Å². The molecular weight excluding hydrogens is 404 g/mol. The second kappa shape index (κ2) is 6.01. The van der Waals surface area contributed by atoms with E-state index < -0.39 is 10.1 Å². The fourth-order valence-corrected chi connectivity index (χ4v) is 4.89. The molecule has 7 nitrogen and oxygen atoms in total. The average Bonchev–Trinajstić information content (AvgIpc) is 2.68. The molecule has 30 heavy (non-hydrogen) atoms. The first-order valence-electron chi connectivity index (χ1n) is 9.19. The Hall–Kier alpha value is -3.49. The number of aromatic amines is 2. The third-order valence-corrected chi connectivity index (χ3v) is 6.58. The summed E-state index contributed by atoms with van der Waals surface area (Å²) in [5.41, 5.74) is 2.55. The van der Waals surface area contributed by atoms with Crippen LogP contribution < -0.4 is 10.9 Å². The Labute approximate surface area is 169 Å². The van der Waals surface area contributed by atoms with Crippen molar-refractivity contribution in [1.82, 2.24) is 9.97 Å². The van der Waals surface area contributed by atoms with Gasteiger partial charge in [-0.05, 0) is 55.3 Å². The van der Waals surface area contributed by atoms with Crippen LogP contribution in [0.3, 0.4) is 0 Å². The molecule has 0 radical (unpaired) electrons. The van der Waals surface area contributed by atoms with Gasteiger partial charge >= 0.3 is 0 Å². The van der Waals surface area contributed by atoms with Crippen LogP contribution in [-0.4, -0.2) is 22.9 Å². The standard InChI is InChI=1S/C22H16N2O5S/c1-10-7-16-13(9-18(10)30(27,28)29)21(25)14-8-17-19(11(2)20(14)24-16)22(26)12-5-3-4-6-15(12)23-17/h3-9H,1-2H3,(H,23,26)(H,24,25)(H,27,28,29). The maximum Gasteiger partial charge on any atom is 0.294 e. The third-order valence-electron chi connectivity index (χ3n) is 5.59. The Morgan fingerprint density at radius 3 is 2.27 bits per heavy atom. The second-order valence-corrected chi connectivity index (χ2v) is 8.83. The Balaban J connectivity index is 2.01. The van der Waals surface area contributed by atoms with Gasteiger partial charge in [-0.15, -0.1) is 0 Å². The molecule has 0 atom stereocenters. The molecule has 0 spiro atoms. The normalized spacial score (nSPS) is 12.4. The predicted molar refractivity (Wildman–Crippen MR) is 117 cm³/mol. The molecule has 3 aromatic carbocycles. The summed E-state index contributed by atoms with van der Waals surface area (Å²) in [6, 6.07) is 11.5. The highest BCUT2D eigenvalue weighted by Gasteiger charge is 2.18. The van der Waals surface area contributed by atoms with Crippen LogP contribution in [0.4, 0.5) is 0 Å². The number of hydrogen-bond donors (Lipinski definition) is 3. The molecule has 0 fully saturated rings. The first-order chi connectivity index (χ1) is 14.2. The monoisotopic (exact) mass is 420 g/mol. The van der Waals surface area contributed by atoms with Crippen molar-refractivity contribution < 1.29 is 13.0 Å². The van der Waals surface area contributed by atoms with Crippen LogP contribution >= 0.6 is 0 Å². The number of rotatable bonds is 1. The lowest BCUT2D eigenvalue weighted by Crippen LogP contribution is -2.11. The van der Waals surface area contributed by atoms with Gasteiger partial charge in [-0.3, -0.25) is 14.1 Å². The minimum absolute atomic E-state index is 0.127. The Morgan fingerprint density at radius 1 is 0.800 bits per heavy atom. The van der Waals surface area contributed by atoms with Gasteiger partial charge in [0.25, 0.3) is 10.1 Å². The van der Waals surface area contributed by atoms with E-state index in [1.807, 2.05) is 6.07 Å². The summed E-state index contributed by atoms with van der Waals surface area (Å²) >= 11 is 0. The van der Waals surface area contributed by atoms with Gasteiger partial charge in [0.05, 0.1) is 26.8 Å². The number of aryl methyl sites for hydroxylation is 2. The van der Waals surface area contributed by atoms with Crippen LogP contribution in [0.1, 0.15) is 11.1 Å². The van der Waals surface area contributed by atoms with Crippen LogP contribution in [-0.2, 0) is 10.1 Å². The molecule has 5 aromatic rings. The lowest BCUT2D eigenvalue weighted by Gasteiger charge is -2.11. The van der Waals surface area contributed by atoms with Gasteiger partial charge in [0.2, 0.25) is 0 Å². The molecule has 0 saturated heterocycles. The van der Waals surface area contributed by atoms with Gasteiger partial charge in [-0.2, -0.15) is 8.42 Å². The molecule has 0 aliphatic carbocycles. The molecule has 5 rings (SSSR count). The number of H-pyrrole nitrogens is 2. The van der Waals surface area contributed by atoms with Gasteiger partial charge in [-0.1, -0.05) is 12.1 Å². The van der Waals surface area contributed by atoms with E-state index in [0.717, 1.165) is 0 Å². The van der Waals surface area contributed by atoms with E-state index in [4.69, 9.17) is 0 Å². The van der Waals surface area contributed by atoms with Gasteiger partial charge in [0.1, 0.15) is 0 Å². The summed E-state index contributed by atoms with van der Waals surface area (Å²) in [5.74, 6) is 0. The minimum atomic E-state index is -4.47. The zero-order valence-electron chi connectivity index (χ0n) is 16.0. The molecule has 0 amide bonds. The highest BCUT2D eigenvalue weighted by molar-refractivity contribution is 7.85. The quantitative estimate of drug-likeness (QED) is 0.283. The van der Waals surface area contributed by atoms with Crippen molar-refractivity contribution in [3.8, 4) is 0 Å². The highest BCUT2D eigenvalue weighted by Crippen LogP contribution is 2.27. The Bertz CT molecular complexity index is 1780. The molecular formula is C22H16N2O5S. The van der Waals surface area contributed by atoms with Crippen LogP contribution in [0.5, 0.6) is 0 Å². The molecule has 2 heterocycles. The molecule has 0 saturated carbocycles. The summed E-state index contributed by atoms with van der Waals surface area (Å²) in [7, 11) is -4.47. The van der Waals surface area contributed by atoms with E-state index in [9.17, 15) is 22.6 Å². The van der Waals surface area contributed by atoms with Gasteiger partial charge < -0.3 is 9.97 Å². The maximum absolute atomic E-state index is 13.2. The Morgan fingerprint density at radius 2 is 1.53 bits per heavy atom. The number of nitrogens with one attached hydrogen (secondary N) is 2. The van der Waals surface area contributed by atoms with Crippen molar-refractivity contribution in [2.24, 2.45) is 0 Å². The summed E-state index contributed by atoms with van der Waals surface area (Å²) in [6.45, 7) is 3.31. The summed E-state index contributed by atoms with van der Waals surface area (Å²) in [4.78, 5) is 32.4.